The summed E-state index contributed by atoms with van der Waals surface area (Å²) in [7, 11) is 1.54. The predicted molar refractivity (Wildman–Crippen MR) is 50.7 cm³/mol. The molecule has 0 atom stereocenters. The second-order valence-corrected chi connectivity index (χ2v) is 2.83. The number of nitrogens with one attached hydrogen (secondary N) is 2. The molecule has 0 saturated heterocycles. The SMILES string of the molecule is CONCc1cccc2oc(=O)[nH]c12. The number of H-pyrrole nitrogens is 1. The molecule has 0 saturated carbocycles. The Labute approximate surface area is 79.6 Å². The van der Waals surface area contributed by atoms with E-state index in [2.05, 4.69) is 10.5 Å². The fourth-order valence-electron chi connectivity index (χ4n) is 1.33. The molecule has 74 valence electrons. The molecule has 0 fully saturated rings. The highest BCUT2D eigenvalue weighted by Gasteiger charge is 2.04. The number of rotatable bonds is 3. The topological polar surface area (TPSA) is 67.3 Å². The number of para-hydroxylation sites is 1. The van der Waals surface area contributed by atoms with Gasteiger partial charge in [0, 0.05) is 6.54 Å². The molecule has 2 rings (SSSR count). The fraction of sp³-hybridized carbons (Fsp3) is 0.222. The number of fused-ring (bicyclic) bond motifs is 1. The lowest BCUT2D eigenvalue weighted by Crippen LogP contribution is -2.11. The minimum Gasteiger partial charge on any atom is -0.408 e. The van der Waals surface area contributed by atoms with Crippen molar-refractivity contribution in [2.24, 2.45) is 0 Å². The highest BCUT2D eigenvalue weighted by atomic mass is 16.6. The van der Waals surface area contributed by atoms with Crippen LogP contribution in [0.1, 0.15) is 5.56 Å². The van der Waals surface area contributed by atoms with Crippen molar-refractivity contribution in [2.75, 3.05) is 7.11 Å². The number of benzene rings is 1. The van der Waals surface area contributed by atoms with Crippen LogP contribution in [-0.4, -0.2) is 12.1 Å². The normalized spacial score (nSPS) is 10.9. The third kappa shape index (κ3) is 1.55. The van der Waals surface area contributed by atoms with E-state index in [9.17, 15) is 4.79 Å². The number of hydrogen-bond donors (Lipinski definition) is 2. The van der Waals surface area contributed by atoms with Gasteiger partial charge in [0.25, 0.3) is 0 Å². The van der Waals surface area contributed by atoms with Crippen LogP contribution >= 0.6 is 0 Å². The molecule has 0 bridgehead atoms. The highest BCUT2D eigenvalue weighted by Crippen LogP contribution is 2.14. The number of hydroxylamine groups is 1. The first-order chi connectivity index (χ1) is 6.81. The summed E-state index contributed by atoms with van der Waals surface area (Å²) < 4.78 is 4.91. The van der Waals surface area contributed by atoms with Crippen LogP contribution in [0.3, 0.4) is 0 Å². The summed E-state index contributed by atoms with van der Waals surface area (Å²) in [6.07, 6.45) is 0. The van der Waals surface area contributed by atoms with Gasteiger partial charge in [0.1, 0.15) is 0 Å². The maximum atomic E-state index is 10.9. The van der Waals surface area contributed by atoms with Gasteiger partial charge in [-0.1, -0.05) is 12.1 Å². The van der Waals surface area contributed by atoms with Gasteiger partial charge in [0.2, 0.25) is 0 Å². The Hall–Kier alpha value is -1.59. The average molecular weight is 194 g/mol. The van der Waals surface area contributed by atoms with Crippen molar-refractivity contribution < 1.29 is 9.25 Å². The molecule has 2 aromatic rings. The van der Waals surface area contributed by atoms with E-state index in [1.807, 2.05) is 12.1 Å². The van der Waals surface area contributed by atoms with Crippen molar-refractivity contribution in [3.8, 4) is 0 Å². The van der Waals surface area contributed by atoms with Crippen LogP contribution in [0.25, 0.3) is 11.1 Å². The first-order valence-corrected chi connectivity index (χ1v) is 4.18. The Bertz CT molecular complexity index is 486. The summed E-state index contributed by atoms with van der Waals surface area (Å²) in [5.74, 6) is -0.440. The summed E-state index contributed by atoms with van der Waals surface area (Å²) in [4.78, 5) is 18.3. The monoisotopic (exact) mass is 194 g/mol. The van der Waals surface area contributed by atoms with Crippen LogP contribution in [0.5, 0.6) is 0 Å². The minimum absolute atomic E-state index is 0.440. The van der Waals surface area contributed by atoms with E-state index in [4.69, 9.17) is 9.25 Å². The highest BCUT2D eigenvalue weighted by molar-refractivity contribution is 5.75. The summed E-state index contributed by atoms with van der Waals surface area (Å²) in [6, 6.07) is 5.45. The van der Waals surface area contributed by atoms with Crippen molar-refractivity contribution in [3.05, 3.63) is 34.3 Å². The second-order valence-electron chi connectivity index (χ2n) is 2.83. The zero-order chi connectivity index (χ0) is 9.97. The van der Waals surface area contributed by atoms with E-state index in [1.165, 1.54) is 7.11 Å². The Morgan fingerprint density at radius 2 is 2.43 bits per heavy atom. The van der Waals surface area contributed by atoms with Crippen LogP contribution in [0, 0.1) is 0 Å². The molecule has 0 unspecified atom stereocenters. The van der Waals surface area contributed by atoms with Gasteiger partial charge in [0.05, 0.1) is 12.6 Å². The Kier molecular flexibility index (Phi) is 2.34. The molecule has 1 heterocycles. The molecular weight excluding hydrogens is 184 g/mol. The van der Waals surface area contributed by atoms with E-state index in [0.29, 0.717) is 17.6 Å². The van der Waals surface area contributed by atoms with Gasteiger partial charge in [0.15, 0.2) is 5.58 Å². The third-order valence-electron chi connectivity index (χ3n) is 1.95. The quantitative estimate of drug-likeness (QED) is 0.708. The van der Waals surface area contributed by atoms with Crippen LogP contribution in [0.4, 0.5) is 0 Å². The molecule has 0 amide bonds. The van der Waals surface area contributed by atoms with Gasteiger partial charge in [-0.3, -0.25) is 4.98 Å². The molecule has 2 N–H and O–H groups in total. The molecular formula is C9H10N2O3. The molecule has 0 spiro atoms. The molecule has 0 radical (unpaired) electrons. The maximum absolute atomic E-state index is 10.9. The third-order valence-corrected chi connectivity index (χ3v) is 1.95. The van der Waals surface area contributed by atoms with E-state index in [0.717, 1.165) is 5.56 Å². The largest absolute Gasteiger partial charge is 0.417 e. The lowest BCUT2D eigenvalue weighted by atomic mass is 10.2. The van der Waals surface area contributed by atoms with Gasteiger partial charge in [-0.25, -0.2) is 4.79 Å². The Balaban J connectivity index is 2.47. The first-order valence-electron chi connectivity index (χ1n) is 4.18. The van der Waals surface area contributed by atoms with Crippen molar-refractivity contribution in [1.29, 1.82) is 0 Å². The van der Waals surface area contributed by atoms with Gasteiger partial charge in [-0.2, -0.15) is 5.48 Å². The van der Waals surface area contributed by atoms with Crippen LogP contribution in [-0.2, 0) is 11.4 Å². The summed E-state index contributed by atoms with van der Waals surface area (Å²) in [6.45, 7) is 0.517. The number of aromatic nitrogens is 1. The molecule has 14 heavy (non-hydrogen) atoms. The second kappa shape index (κ2) is 3.65. The lowest BCUT2D eigenvalue weighted by Gasteiger charge is -2.01. The number of hydrogen-bond acceptors (Lipinski definition) is 4. The minimum atomic E-state index is -0.440. The molecule has 0 aliphatic carbocycles. The average Bonchev–Trinajstić information content (AvgIpc) is 2.55. The Morgan fingerprint density at radius 1 is 1.57 bits per heavy atom. The van der Waals surface area contributed by atoms with E-state index >= 15 is 0 Å². The fourth-order valence-corrected chi connectivity index (χ4v) is 1.33. The summed E-state index contributed by atoms with van der Waals surface area (Å²) in [5, 5.41) is 0. The molecule has 5 nitrogen and oxygen atoms in total. The van der Waals surface area contributed by atoms with E-state index in [1.54, 1.807) is 6.07 Å². The molecule has 5 heteroatoms. The predicted octanol–water partition coefficient (Wildman–Crippen LogP) is 0.772. The van der Waals surface area contributed by atoms with Gasteiger partial charge in [-0.05, 0) is 11.6 Å². The van der Waals surface area contributed by atoms with E-state index < -0.39 is 5.76 Å². The van der Waals surface area contributed by atoms with Crippen LogP contribution in [0.2, 0.25) is 0 Å². The number of aromatic amines is 1. The van der Waals surface area contributed by atoms with Crippen molar-refractivity contribution >= 4 is 11.1 Å². The smallest absolute Gasteiger partial charge is 0.408 e. The zero-order valence-corrected chi connectivity index (χ0v) is 7.66. The van der Waals surface area contributed by atoms with Crippen molar-refractivity contribution in [3.63, 3.8) is 0 Å². The Morgan fingerprint density at radius 3 is 3.21 bits per heavy atom. The lowest BCUT2D eigenvalue weighted by molar-refractivity contribution is 0.0870. The standard InChI is InChI=1S/C9H10N2O3/c1-13-10-5-6-3-2-4-7-8(6)11-9(12)14-7/h2-4,10H,5H2,1H3,(H,11,12). The molecule has 1 aromatic carbocycles. The molecule has 0 aliphatic rings. The van der Waals surface area contributed by atoms with Crippen LogP contribution in [0.15, 0.2) is 27.4 Å². The van der Waals surface area contributed by atoms with Gasteiger partial charge < -0.3 is 9.25 Å². The molecule has 1 aromatic heterocycles. The zero-order valence-electron chi connectivity index (χ0n) is 7.66. The number of oxazole rings is 1. The van der Waals surface area contributed by atoms with Crippen molar-refractivity contribution in [1.82, 2.24) is 10.5 Å². The van der Waals surface area contributed by atoms with Crippen LogP contribution < -0.4 is 11.2 Å². The van der Waals surface area contributed by atoms with Gasteiger partial charge in [-0.15, -0.1) is 0 Å². The molecule has 0 aliphatic heterocycles. The van der Waals surface area contributed by atoms with E-state index in [-0.39, 0.29) is 0 Å². The summed E-state index contributed by atoms with van der Waals surface area (Å²) >= 11 is 0. The maximum Gasteiger partial charge on any atom is 0.417 e. The summed E-state index contributed by atoms with van der Waals surface area (Å²) in [5.41, 5.74) is 4.90. The van der Waals surface area contributed by atoms with Crippen molar-refractivity contribution in [2.45, 2.75) is 6.54 Å². The van der Waals surface area contributed by atoms with Gasteiger partial charge >= 0.3 is 5.76 Å². The first kappa shape index (κ1) is 8.98.